The van der Waals surface area contributed by atoms with Crippen molar-refractivity contribution in [3.63, 3.8) is 0 Å². The van der Waals surface area contributed by atoms with Crippen LogP contribution in [0, 0.1) is 0 Å². The molecule has 1 radical (unpaired) electrons. The summed E-state index contributed by atoms with van der Waals surface area (Å²) in [5, 5.41) is 0. The Bertz CT molecular complexity index is 8.00. The number of hydrogen-bond donors (Lipinski definition) is 0. The third kappa shape index (κ3) is 9.06. The minimum Gasteiger partial charge on any atom is -2.00 e. The van der Waals surface area contributed by atoms with E-state index in [2.05, 4.69) is 0 Å². The van der Waals surface area contributed by atoms with Gasteiger partial charge in [-0.05, 0) is 0 Å². The maximum atomic E-state index is 0. The first-order valence-corrected chi connectivity index (χ1v) is 0. The minimum atomic E-state index is 0. The second kappa shape index (κ2) is 20.5. The summed E-state index contributed by atoms with van der Waals surface area (Å²) in [4.78, 5) is 0. The van der Waals surface area contributed by atoms with Crippen molar-refractivity contribution in [1.82, 2.24) is 0 Å². The molecule has 0 spiro atoms. The zero-order valence-electron chi connectivity index (χ0n) is 2.20. The van der Waals surface area contributed by atoms with E-state index in [-0.39, 0.29) is 59.9 Å². The first kappa shape index (κ1) is 38.8. The van der Waals surface area contributed by atoms with Crippen LogP contribution in [0.5, 0.6) is 0 Å². The molecule has 0 N–H and O–H groups in total. The fourth-order valence-electron chi connectivity index (χ4n) is 0. The van der Waals surface area contributed by atoms with E-state index in [1.54, 1.807) is 0 Å². The van der Waals surface area contributed by atoms with Crippen molar-refractivity contribution >= 4 is 23.4 Å². The predicted molar refractivity (Wildman–Crippen MR) is 18.5 cm³/mol. The smallest absolute Gasteiger partial charge is 2.00 e. The Hall–Kier alpha value is 1.92. The standard InChI is InChI=1S/Mn.H3P.S.Zn/h;1H3;;/q+2;;-2;+2. The molecule has 0 aromatic carbocycles. The zero-order valence-corrected chi connectivity index (χ0v) is 8.58. The van der Waals surface area contributed by atoms with Gasteiger partial charge in [0.05, 0.1) is 0 Å². The second-order valence-electron chi connectivity index (χ2n) is 0. The van der Waals surface area contributed by atoms with Gasteiger partial charge in [-0.1, -0.05) is 0 Å². The SMILES string of the molecule is P.[Mn+2].[S-2].[Zn+2]. The van der Waals surface area contributed by atoms with Crippen molar-refractivity contribution < 1.29 is 36.5 Å². The van der Waals surface area contributed by atoms with Crippen LogP contribution >= 0.6 is 9.90 Å². The fourth-order valence-corrected chi connectivity index (χ4v) is 0. The van der Waals surface area contributed by atoms with E-state index in [1.165, 1.54) is 0 Å². The Morgan fingerprint density at radius 1 is 1.00 bits per heavy atom. The third-order valence-electron chi connectivity index (χ3n) is 0. The fraction of sp³-hybridized carbons (Fsp3) is 0. The van der Waals surface area contributed by atoms with Crippen LogP contribution in [0.15, 0.2) is 0 Å². The topological polar surface area (TPSA) is 0 Å². The molecule has 0 aromatic heterocycles. The Kier molecular flexibility index (Phi) is 199. The molecular weight excluding hydrogens is 183 g/mol. The van der Waals surface area contributed by atoms with Crippen LogP contribution in [0.25, 0.3) is 0 Å². The van der Waals surface area contributed by atoms with Gasteiger partial charge >= 0.3 is 36.5 Å². The molecule has 4 heteroatoms. The van der Waals surface area contributed by atoms with Gasteiger partial charge in [0, 0.05) is 0 Å². The third-order valence-corrected chi connectivity index (χ3v) is 0. The molecule has 0 rings (SSSR count). The summed E-state index contributed by atoms with van der Waals surface area (Å²) in [6.07, 6.45) is 0. The Morgan fingerprint density at radius 3 is 1.00 bits per heavy atom. The maximum Gasteiger partial charge on any atom is 2.00 e. The van der Waals surface area contributed by atoms with Crippen LogP contribution in [0.3, 0.4) is 0 Å². The average molecular weight is 186 g/mol. The summed E-state index contributed by atoms with van der Waals surface area (Å²) in [6.45, 7) is 0. The van der Waals surface area contributed by atoms with Gasteiger partial charge < -0.3 is 13.5 Å². The van der Waals surface area contributed by atoms with E-state index in [9.17, 15) is 0 Å². The van der Waals surface area contributed by atoms with Crippen LogP contribution in [-0.2, 0) is 50.0 Å². The molecule has 4 heavy (non-hydrogen) atoms. The quantitative estimate of drug-likeness (QED) is 0.370. The molecule has 0 aliphatic carbocycles. The number of hydrogen-bond acceptors (Lipinski definition) is 0. The summed E-state index contributed by atoms with van der Waals surface area (Å²) < 4.78 is 0. The Balaban J connectivity index is 0. The van der Waals surface area contributed by atoms with Gasteiger partial charge in [-0.15, -0.1) is 0 Å². The van der Waals surface area contributed by atoms with Gasteiger partial charge in [0.25, 0.3) is 0 Å². The molecule has 0 saturated carbocycles. The van der Waals surface area contributed by atoms with Crippen molar-refractivity contribution in [2.24, 2.45) is 0 Å². The van der Waals surface area contributed by atoms with Gasteiger partial charge in [-0.3, -0.25) is 0 Å². The number of rotatable bonds is 0. The molecule has 0 saturated heterocycles. The molecule has 21 valence electrons. The van der Waals surface area contributed by atoms with E-state index >= 15 is 0 Å². The molecule has 0 aliphatic heterocycles. The van der Waals surface area contributed by atoms with Crippen molar-refractivity contribution in [1.29, 1.82) is 0 Å². The maximum absolute atomic E-state index is 0. The zero-order chi connectivity index (χ0) is 0. The summed E-state index contributed by atoms with van der Waals surface area (Å²) in [7, 11) is 0. The predicted octanol–water partition coefficient (Wildman–Crippen LogP) is 0.0507. The minimum absolute atomic E-state index is 0. The molecule has 0 amide bonds. The molecule has 1 unspecified atom stereocenters. The monoisotopic (exact) mass is 185 g/mol. The first-order valence-electron chi connectivity index (χ1n) is 0. The molecule has 1 atom stereocenters. The van der Waals surface area contributed by atoms with Crippen molar-refractivity contribution in [3.8, 4) is 0 Å². The van der Waals surface area contributed by atoms with E-state index in [0.29, 0.717) is 0 Å². The summed E-state index contributed by atoms with van der Waals surface area (Å²) >= 11 is 0. The molecule has 0 nitrogen and oxygen atoms in total. The average Bonchev–Trinajstić information content (AvgIpc) is 0. The van der Waals surface area contributed by atoms with E-state index in [1.807, 2.05) is 0 Å². The van der Waals surface area contributed by atoms with Gasteiger partial charge in [-0.25, -0.2) is 0 Å². The van der Waals surface area contributed by atoms with Crippen LogP contribution in [0.2, 0.25) is 0 Å². The van der Waals surface area contributed by atoms with Crippen LogP contribution in [-0.4, -0.2) is 0 Å². The van der Waals surface area contributed by atoms with E-state index < -0.39 is 0 Å². The van der Waals surface area contributed by atoms with Crippen LogP contribution in [0.4, 0.5) is 0 Å². The first-order chi connectivity index (χ1) is 0. The molecule has 0 aliphatic rings. The van der Waals surface area contributed by atoms with Gasteiger partial charge in [0.15, 0.2) is 0 Å². The second-order valence-corrected chi connectivity index (χ2v) is 0. The van der Waals surface area contributed by atoms with Gasteiger partial charge in [0.1, 0.15) is 0 Å². The van der Waals surface area contributed by atoms with Crippen LogP contribution in [0.1, 0.15) is 0 Å². The van der Waals surface area contributed by atoms with Crippen molar-refractivity contribution in [3.05, 3.63) is 0 Å². The Morgan fingerprint density at radius 2 is 1.00 bits per heavy atom. The molecule has 0 fully saturated rings. The molecule has 0 heterocycles. The van der Waals surface area contributed by atoms with Gasteiger partial charge in [0.2, 0.25) is 0 Å². The van der Waals surface area contributed by atoms with Gasteiger partial charge in [-0.2, -0.15) is 9.90 Å². The van der Waals surface area contributed by atoms with E-state index in [4.69, 9.17) is 0 Å². The van der Waals surface area contributed by atoms with Crippen molar-refractivity contribution in [2.75, 3.05) is 0 Å². The molecule has 0 aromatic rings. The molecule has 0 bridgehead atoms. The summed E-state index contributed by atoms with van der Waals surface area (Å²) in [5.41, 5.74) is 0. The summed E-state index contributed by atoms with van der Waals surface area (Å²) in [6, 6.07) is 0. The summed E-state index contributed by atoms with van der Waals surface area (Å²) in [5.74, 6) is 0. The van der Waals surface area contributed by atoms with Crippen molar-refractivity contribution in [2.45, 2.75) is 0 Å². The van der Waals surface area contributed by atoms with Crippen LogP contribution < -0.4 is 0 Å². The Labute approximate surface area is 59.8 Å². The van der Waals surface area contributed by atoms with E-state index in [0.717, 1.165) is 0 Å². The molecular formula is H3MnPSZn+2. The largest absolute Gasteiger partial charge is 2.00 e. The normalized spacial score (nSPS) is 0.